The summed E-state index contributed by atoms with van der Waals surface area (Å²) in [6.45, 7) is 11.7. The number of para-hydroxylation sites is 3. The summed E-state index contributed by atoms with van der Waals surface area (Å²) >= 11 is 0. The molecule has 0 aliphatic heterocycles. The van der Waals surface area contributed by atoms with Gasteiger partial charge in [0.1, 0.15) is 11.6 Å². The fraction of sp³-hybridized carbons (Fsp3) is 0.462. The molecule has 2 aromatic carbocycles. The molecule has 1 atom stereocenters. The molecule has 31 heavy (non-hydrogen) atoms. The van der Waals surface area contributed by atoms with Crippen LogP contribution in [0, 0.1) is 19.8 Å². The van der Waals surface area contributed by atoms with Crippen molar-refractivity contribution in [2.24, 2.45) is 5.92 Å². The Labute approximate surface area is 185 Å². The van der Waals surface area contributed by atoms with Gasteiger partial charge in [-0.3, -0.25) is 4.79 Å². The van der Waals surface area contributed by atoms with Crippen molar-refractivity contribution in [3.63, 3.8) is 0 Å². The molecule has 0 fully saturated rings. The zero-order valence-electron chi connectivity index (χ0n) is 19.4. The van der Waals surface area contributed by atoms with E-state index in [0.29, 0.717) is 6.61 Å². The van der Waals surface area contributed by atoms with E-state index in [0.717, 1.165) is 59.5 Å². The van der Waals surface area contributed by atoms with Crippen LogP contribution in [0.4, 0.5) is 0 Å². The number of nitrogens with one attached hydrogen (secondary N) is 1. The summed E-state index contributed by atoms with van der Waals surface area (Å²) in [5.41, 5.74) is 4.36. The first-order chi connectivity index (χ1) is 15.0. The van der Waals surface area contributed by atoms with Gasteiger partial charge in [-0.15, -0.1) is 0 Å². The molecule has 5 heteroatoms. The average Bonchev–Trinajstić information content (AvgIpc) is 3.12. The molecule has 0 saturated heterocycles. The summed E-state index contributed by atoms with van der Waals surface area (Å²) in [7, 11) is 0. The molecule has 1 amide bonds. The first-order valence-corrected chi connectivity index (χ1v) is 11.4. The number of aromatic nitrogens is 2. The van der Waals surface area contributed by atoms with Gasteiger partial charge in [0.15, 0.2) is 0 Å². The smallest absolute Gasteiger partial charge is 0.223 e. The molecule has 1 N–H and O–H groups in total. The van der Waals surface area contributed by atoms with Crippen LogP contribution in [0.2, 0.25) is 0 Å². The predicted molar refractivity (Wildman–Crippen MR) is 126 cm³/mol. The van der Waals surface area contributed by atoms with E-state index < -0.39 is 0 Å². The number of carbonyl (C=O) groups excluding carboxylic acids is 1. The highest BCUT2D eigenvalue weighted by Gasteiger charge is 2.21. The van der Waals surface area contributed by atoms with Crippen LogP contribution >= 0.6 is 0 Å². The Morgan fingerprint density at radius 3 is 2.42 bits per heavy atom. The standard InChI is InChI=1S/C26H35N3O2/c1-6-21(7-2)26(30)27-20(5)25-28-22-14-8-9-15-23(22)29(25)16-11-17-31-24-18(3)12-10-13-19(24)4/h8-10,12-15,20-21H,6-7,11,16-17H2,1-5H3,(H,27,30). The Morgan fingerprint density at radius 1 is 1.06 bits per heavy atom. The summed E-state index contributed by atoms with van der Waals surface area (Å²) in [5, 5.41) is 3.18. The van der Waals surface area contributed by atoms with Crippen LogP contribution in [0.3, 0.4) is 0 Å². The monoisotopic (exact) mass is 421 g/mol. The van der Waals surface area contributed by atoms with E-state index in [1.54, 1.807) is 0 Å². The Hall–Kier alpha value is -2.82. The fourth-order valence-corrected chi connectivity index (χ4v) is 4.14. The second-order valence-corrected chi connectivity index (χ2v) is 8.28. The zero-order chi connectivity index (χ0) is 22.4. The molecular formula is C26H35N3O2. The quantitative estimate of drug-likeness (QED) is 0.425. The van der Waals surface area contributed by atoms with Gasteiger partial charge in [-0.25, -0.2) is 4.98 Å². The number of hydrogen-bond donors (Lipinski definition) is 1. The second-order valence-electron chi connectivity index (χ2n) is 8.28. The van der Waals surface area contributed by atoms with E-state index in [-0.39, 0.29) is 17.9 Å². The third-order valence-corrected chi connectivity index (χ3v) is 5.97. The summed E-state index contributed by atoms with van der Waals surface area (Å²) in [6.07, 6.45) is 2.55. The van der Waals surface area contributed by atoms with Crippen LogP contribution < -0.4 is 10.1 Å². The number of ether oxygens (including phenoxy) is 1. The van der Waals surface area contributed by atoms with Crippen LogP contribution in [-0.4, -0.2) is 22.1 Å². The van der Waals surface area contributed by atoms with E-state index in [1.807, 2.05) is 25.1 Å². The third kappa shape index (κ3) is 5.27. The second kappa shape index (κ2) is 10.5. The van der Waals surface area contributed by atoms with Crippen molar-refractivity contribution in [2.75, 3.05) is 6.61 Å². The minimum atomic E-state index is -0.153. The normalized spacial score (nSPS) is 12.3. The lowest BCUT2D eigenvalue weighted by molar-refractivity contribution is -0.125. The van der Waals surface area contributed by atoms with E-state index in [9.17, 15) is 4.79 Å². The number of benzene rings is 2. The van der Waals surface area contributed by atoms with Gasteiger partial charge < -0.3 is 14.6 Å². The largest absolute Gasteiger partial charge is 0.493 e. The number of nitrogens with zero attached hydrogens (tertiary/aromatic N) is 2. The van der Waals surface area contributed by atoms with Crippen molar-refractivity contribution in [1.82, 2.24) is 14.9 Å². The van der Waals surface area contributed by atoms with Crippen molar-refractivity contribution in [3.05, 3.63) is 59.4 Å². The molecular weight excluding hydrogens is 386 g/mol. The summed E-state index contributed by atoms with van der Waals surface area (Å²) < 4.78 is 8.32. The molecule has 0 saturated carbocycles. The summed E-state index contributed by atoms with van der Waals surface area (Å²) in [5.74, 6) is 2.03. The summed E-state index contributed by atoms with van der Waals surface area (Å²) in [4.78, 5) is 17.5. The van der Waals surface area contributed by atoms with E-state index in [4.69, 9.17) is 9.72 Å². The number of carbonyl (C=O) groups is 1. The maximum absolute atomic E-state index is 12.6. The van der Waals surface area contributed by atoms with E-state index >= 15 is 0 Å². The molecule has 5 nitrogen and oxygen atoms in total. The first kappa shape index (κ1) is 22.9. The van der Waals surface area contributed by atoms with Crippen LogP contribution in [-0.2, 0) is 11.3 Å². The van der Waals surface area contributed by atoms with Crippen molar-refractivity contribution in [1.29, 1.82) is 0 Å². The highest BCUT2D eigenvalue weighted by atomic mass is 16.5. The number of fused-ring (bicyclic) bond motifs is 1. The SMILES string of the molecule is CCC(CC)C(=O)NC(C)c1nc2ccccc2n1CCCOc1c(C)cccc1C. The number of imidazole rings is 1. The number of rotatable bonds is 10. The fourth-order valence-electron chi connectivity index (χ4n) is 4.14. The maximum atomic E-state index is 12.6. The van der Waals surface area contributed by atoms with Gasteiger partial charge in [0.25, 0.3) is 0 Å². The molecule has 1 heterocycles. The predicted octanol–water partition coefficient (Wildman–Crippen LogP) is 5.74. The van der Waals surface area contributed by atoms with Crippen LogP contribution in [0.25, 0.3) is 11.0 Å². The van der Waals surface area contributed by atoms with Crippen molar-refractivity contribution >= 4 is 16.9 Å². The topological polar surface area (TPSA) is 56.2 Å². The molecule has 0 aliphatic carbocycles. The van der Waals surface area contributed by atoms with Gasteiger partial charge in [-0.05, 0) is 63.3 Å². The van der Waals surface area contributed by atoms with Gasteiger partial charge in [0.05, 0.1) is 23.7 Å². The Bertz CT molecular complexity index is 1000. The molecule has 0 bridgehead atoms. The van der Waals surface area contributed by atoms with Gasteiger partial charge in [-0.1, -0.05) is 44.2 Å². The molecule has 1 unspecified atom stereocenters. The maximum Gasteiger partial charge on any atom is 0.223 e. The Balaban J connectivity index is 1.74. The van der Waals surface area contributed by atoms with Gasteiger partial charge >= 0.3 is 0 Å². The lowest BCUT2D eigenvalue weighted by Crippen LogP contribution is -2.33. The average molecular weight is 422 g/mol. The minimum absolute atomic E-state index is 0.0473. The highest BCUT2D eigenvalue weighted by Crippen LogP contribution is 2.24. The summed E-state index contributed by atoms with van der Waals surface area (Å²) in [6, 6.07) is 14.2. The molecule has 0 radical (unpaired) electrons. The van der Waals surface area contributed by atoms with Gasteiger partial charge in [-0.2, -0.15) is 0 Å². The van der Waals surface area contributed by atoms with Crippen molar-refractivity contribution in [3.8, 4) is 5.75 Å². The Kier molecular flexibility index (Phi) is 7.72. The minimum Gasteiger partial charge on any atom is -0.493 e. The van der Waals surface area contributed by atoms with Crippen LogP contribution in [0.5, 0.6) is 5.75 Å². The molecule has 0 spiro atoms. The van der Waals surface area contributed by atoms with Crippen LogP contribution in [0.15, 0.2) is 42.5 Å². The van der Waals surface area contributed by atoms with Crippen molar-refractivity contribution in [2.45, 2.75) is 66.5 Å². The lowest BCUT2D eigenvalue weighted by Gasteiger charge is -2.19. The van der Waals surface area contributed by atoms with Gasteiger partial charge in [0, 0.05) is 12.5 Å². The van der Waals surface area contributed by atoms with E-state index in [1.165, 1.54) is 0 Å². The Morgan fingerprint density at radius 2 is 1.74 bits per heavy atom. The molecule has 3 aromatic rings. The number of aryl methyl sites for hydroxylation is 3. The van der Waals surface area contributed by atoms with Crippen molar-refractivity contribution < 1.29 is 9.53 Å². The molecule has 0 aliphatic rings. The third-order valence-electron chi connectivity index (χ3n) is 5.97. The number of amides is 1. The molecule has 1 aromatic heterocycles. The van der Waals surface area contributed by atoms with E-state index in [2.05, 4.69) is 61.8 Å². The highest BCUT2D eigenvalue weighted by molar-refractivity contribution is 5.79. The molecule has 166 valence electrons. The molecule has 3 rings (SSSR count). The van der Waals surface area contributed by atoms with Crippen LogP contribution in [0.1, 0.15) is 63.0 Å². The number of hydrogen-bond acceptors (Lipinski definition) is 3. The first-order valence-electron chi connectivity index (χ1n) is 11.4. The lowest BCUT2D eigenvalue weighted by atomic mass is 10.0. The zero-order valence-corrected chi connectivity index (χ0v) is 19.4. The van der Waals surface area contributed by atoms with Gasteiger partial charge in [0.2, 0.25) is 5.91 Å².